The van der Waals surface area contributed by atoms with Crippen LogP contribution in [0.5, 0.6) is 0 Å². The molecule has 0 spiro atoms. The monoisotopic (exact) mass is 411 g/mol. The highest BCUT2D eigenvalue weighted by Crippen LogP contribution is 2.23. The summed E-state index contributed by atoms with van der Waals surface area (Å²) in [5.74, 6) is 0.834. The SMILES string of the molecule is O=C(NCCCN1CCCC1)C1CCN(c2ccc(-c3ccc(F)cc3)nn2)CC1. The lowest BCUT2D eigenvalue weighted by Gasteiger charge is -2.31. The molecule has 0 atom stereocenters. The summed E-state index contributed by atoms with van der Waals surface area (Å²) >= 11 is 0. The van der Waals surface area contributed by atoms with Crippen LogP contribution < -0.4 is 10.2 Å². The number of carbonyl (C=O) groups is 1. The number of nitrogens with one attached hydrogen (secondary N) is 1. The number of hydrogen-bond donors (Lipinski definition) is 1. The Labute approximate surface area is 177 Å². The lowest BCUT2D eigenvalue weighted by molar-refractivity contribution is -0.125. The van der Waals surface area contributed by atoms with Gasteiger partial charge in [-0.3, -0.25) is 4.79 Å². The van der Waals surface area contributed by atoms with Gasteiger partial charge in [-0.25, -0.2) is 4.39 Å². The minimum absolute atomic E-state index is 0.0829. The van der Waals surface area contributed by atoms with Gasteiger partial charge in [0, 0.05) is 31.1 Å². The van der Waals surface area contributed by atoms with Crippen LogP contribution in [0.4, 0.5) is 10.2 Å². The third-order valence-corrected chi connectivity index (χ3v) is 6.13. The highest BCUT2D eigenvalue weighted by atomic mass is 19.1. The Balaban J connectivity index is 1.21. The molecule has 3 heterocycles. The Kier molecular flexibility index (Phi) is 6.89. The van der Waals surface area contributed by atoms with Gasteiger partial charge in [-0.2, -0.15) is 0 Å². The summed E-state index contributed by atoms with van der Waals surface area (Å²) in [5.41, 5.74) is 1.57. The van der Waals surface area contributed by atoms with E-state index in [2.05, 4.69) is 25.3 Å². The number of piperidine rings is 1. The van der Waals surface area contributed by atoms with E-state index in [-0.39, 0.29) is 17.6 Å². The van der Waals surface area contributed by atoms with Crippen molar-refractivity contribution in [2.24, 2.45) is 5.92 Å². The van der Waals surface area contributed by atoms with Gasteiger partial charge in [-0.1, -0.05) is 0 Å². The zero-order valence-corrected chi connectivity index (χ0v) is 17.4. The van der Waals surface area contributed by atoms with E-state index in [0.717, 1.165) is 62.5 Å². The molecular weight excluding hydrogens is 381 g/mol. The standard InChI is InChI=1S/C23H30FN5O/c24-20-6-4-18(5-7-20)21-8-9-22(27-26-21)29-16-10-19(11-17-29)23(30)25-12-3-15-28-13-1-2-14-28/h4-9,19H,1-3,10-17H2,(H,25,30). The second-order valence-electron chi connectivity index (χ2n) is 8.24. The number of aromatic nitrogens is 2. The predicted molar refractivity (Wildman–Crippen MR) is 116 cm³/mol. The van der Waals surface area contributed by atoms with Crippen molar-refractivity contribution in [2.45, 2.75) is 32.1 Å². The third kappa shape index (κ3) is 5.33. The summed E-state index contributed by atoms with van der Waals surface area (Å²) in [7, 11) is 0. The number of benzene rings is 1. The highest BCUT2D eigenvalue weighted by Gasteiger charge is 2.25. The minimum atomic E-state index is -0.262. The molecule has 0 radical (unpaired) electrons. The van der Waals surface area contributed by atoms with Gasteiger partial charge >= 0.3 is 0 Å². The molecule has 2 aliphatic heterocycles. The van der Waals surface area contributed by atoms with Crippen LogP contribution in [0.15, 0.2) is 36.4 Å². The highest BCUT2D eigenvalue weighted by molar-refractivity contribution is 5.78. The largest absolute Gasteiger partial charge is 0.356 e. The first kappa shape index (κ1) is 20.7. The smallest absolute Gasteiger partial charge is 0.223 e. The predicted octanol–water partition coefficient (Wildman–Crippen LogP) is 3.10. The first-order valence-electron chi connectivity index (χ1n) is 11.0. The summed E-state index contributed by atoms with van der Waals surface area (Å²) in [6.45, 7) is 5.88. The zero-order valence-electron chi connectivity index (χ0n) is 17.4. The van der Waals surface area contributed by atoms with Crippen molar-refractivity contribution in [3.63, 3.8) is 0 Å². The molecule has 30 heavy (non-hydrogen) atoms. The van der Waals surface area contributed by atoms with E-state index in [1.54, 1.807) is 12.1 Å². The van der Waals surface area contributed by atoms with Gasteiger partial charge in [0.15, 0.2) is 5.82 Å². The van der Waals surface area contributed by atoms with E-state index in [1.807, 2.05) is 12.1 Å². The Morgan fingerprint density at radius 2 is 1.73 bits per heavy atom. The van der Waals surface area contributed by atoms with Crippen LogP contribution in [0.2, 0.25) is 0 Å². The van der Waals surface area contributed by atoms with Gasteiger partial charge in [-0.15, -0.1) is 10.2 Å². The molecule has 1 aromatic carbocycles. The average Bonchev–Trinajstić information content (AvgIpc) is 3.31. The molecule has 2 saturated heterocycles. The van der Waals surface area contributed by atoms with Crippen molar-refractivity contribution in [3.8, 4) is 11.3 Å². The van der Waals surface area contributed by atoms with Crippen molar-refractivity contribution in [1.29, 1.82) is 0 Å². The molecule has 2 aromatic rings. The number of halogens is 1. The summed E-state index contributed by atoms with van der Waals surface area (Å²) in [6.07, 6.45) is 5.31. The minimum Gasteiger partial charge on any atom is -0.356 e. The van der Waals surface area contributed by atoms with E-state index >= 15 is 0 Å². The van der Waals surface area contributed by atoms with Gasteiger partial charge in [0.25, 0.3) is 0 Å². The topological polar surface area (TPSA) is 61.4 Å². The number of likely N-dealkylation sites (tertiary alicyclic amines) is 1. The van der Waals surface area contributed by atoms with E-state index in [0.29, 0.717) is 0 Å². The van der Waals surface area contributed by atoms with Crippen molar-refractivity contribution in [1.82, 2.24) is 20.4 Å². The van der Waals surface area contributed by atoms with E-state index in [1.165, 1.54) is 38.1 Å². The number of rotatable bonds is 7. The van der Waals surface area contributed by atoms with Crippen LogP contribution in [0, 0.1) is 11.7 Å². The molecule has 160 valence electrons. The number of carbonyl (C=O) groups excluding carboxylic acids is 1. The Morgan fingerprint density at radius 1 is 1.00 bits per heavy atom. The first-order chi connectivity index (χ1) is 14.7. The fraction of sp³-hybridized carbons (Fsp3) is 0.522. The molecular formula is C23H30FN5O. The van der Waals surface area contributed by atoms with E-state index in [4.69, 9.17) is 0 Å². The van der Waals surface area contributed by atoms with Crippen LogP contribution in [0.1, 0.15) is 32.1 Å². The van der Waals surface area contributed by atoms with Gasteiger partial charge < -0.3 is 15.1 Å². The fourth-order valence-electron chi connectivity index (χ4n) is 4.30. The molecule has 0 bridgehead atoms. The van der Waals surface area contributed by atoms with Crippen LogP contribution in [-0.2, 0) is 4.79 Å². The van der Waals surface area contributed by atoms with Gasteiger partial charge in [0.1, 0.15) is 5.82 Å². The summed E-state index contributed by atoms with van der Waals surface area (Å²) in [5, 5.41) is 11.8. The number of nitrogens with zero attached hydrogens (tertiary/aromatic N) is 4. The Hall–Kier alpha value is -2.54. The lowest BCUT2D eigenvalue weighted by atomic mass is 9.96. The molecule has 1 N–H and O–H groups in total. The molecule has 6 nitrogen and oxygen atoms in total. The molecule has 2 aliphatic rings. The molecule has 2 fully saturated rings. The molecule has 0 saturated carbocycles. The van der Waals surface area contributed by atoms with Crippen LogP contribution in [0.3, 0.4) is 0 Å². The Bertz CT molecular complexity index is 812. The number of anilines is 1. The second-order valence-corrected chi connectivity index (χ2v) is 8.24. The van der Waals surface area contributed by atoms with E-state index in [9.17, 15) is 9.18 Å². The molecule has 0 unspecified atom stereocenters. The fourth-order valence-corrected chi connectivity index (χ4v) is 4.30. The van der Waals surface area contributed by atoms with Crippen molar-refractivity contribution in [3.05, 3.63) is 42.2 Å². The number of amides is 1. The Morgan fingerprint density at radius 3 is 2.40 bits per heavy atom. The van der Waals surface area contributed by atoms with Crippen molar-refractivity contribution in [2.75, 3.05) is 44.2 Å². The van der Waals surface area contributed by atoms with Crippen molar-refractivity contribution < 1.29 is 9.18 Å². The average molecular weight is 412 g/mol. The van der Waals surface area contributed by atoms with Crippen LogP contribution in [0.25, 0.3) is 11.3 Å². The summed E-state index contributed by atoms with van der Waals surface area (Å²) in [6, 6.07) is 10.1. The van der Waals surface area contributed by atoms with E-state index < -0.39 is 0 Å². The molecule has 0 aliphatic carbocycles. The number of hydrogen-bond acceptors (Lipinski definition) is 5. The lowest BCUT2D eigenvalue weighted by Crippen LogP contribution is -2.41. The maximum absolute atomic E-state index is 13.1. The van der Waals surface area contributed by atoms with Gasteiger partial charge in [0.05, 0.1) is 5.69 Å². The second kappa shape index (κ2) is 9.98. The molecule has 7 heteroatoms. The maximum atomic E-state index is 13.1. The first-order valence-corrected chi connectivity index (χ1v) is 11.0. The normalized spacial score (nSPS) is 18.0. The molecule has 1 aromatic heterocycles. The quantitative estimate of drug-likeness (QED) is 0.710. The molecule has 4 rings (SSSR count). The molecule has 1 amide bonds. The van der Waals surface area contributed by atoms with Crippen LogP contribution in [-0.4, -0.2) is 60.3 Å². The maximum Gasteiger partial charge on any atom is 0.223 e. The zero-order chi connectivity index (χ0) is 20.8. The third-order valence-electron chi connectivity index (χ3n) is 6.13. The van der Waals surface area contributed by atoms with Crippen molar-refractivity contribution >= 4 is 11.7 Å². The summed E-state index contributed by atoms with van der Waals surface area (Å²) < 4.78 is 13.1. The van der Waals surface area contributed by atoms with Gasteiger partial charge in [0.2, 0.25) is 5.91 Å². The van der Waals surface area contributed by atoms with Crippen LogP contribution >= 0.6 is 0 Å². The summed E-state index contributed by atoms with van der Waals surface area (Å²) in [4.78, 5) is 17.1. The van der Waals surface area contributed by atoms with Gasteiger partial charge in [-0.05, 0) is 88.1 Å².